The van der Waals surface area contributed by atoms with Crippen LogP contribution < -0.4 is 10.2 Å². The van der Waals surface area contributed by atoms with Gasteiger partial charge in [-0.2, -0.15) is 23.5 Å². The van der Waals surface area contributed by atoms with Crippen molar-refractivity contribution in [1.29, 1.82) is 5.26 Å². The Morgan fingerprint density at radius 2 is 1.79 bits per heavy atom. The second kappa shape index (κ2) is 11.6. The van der Waals surface area contributed by atoms with Crippen LogP contribution in [0.25, 0.3) is 5.69 Å². The predicted octanol–water partition coefficient (Wildman–Crippen LogP) is 5.41. The summed E-state index contributed by atoms with van der Waals surface area (Å²) >= 11 is 0. The molecule has 0 radical (unpaired) electrons. The van der Waals surface area contributed by atoms with Gasteiger partial charge in [0.15, 0.2) is 6.19 Å². The van der Waals surface area contributed by atoms with E-state index in [4.69, 9.17) is 5.10 Å². The molecule has 2 heterocycles. The Hall–Kier alpha value is -5.11. The van der Waals surface area contributed by atoms with Crippen LogP contribution in [0.4, 0.5) is 19.0 Å². The van der Waals surface area contributed by atoms with Crippen molar-refractivity contribution in [2.24, 2.45) is 0 Å². The lowest BCUT2D eigenvalue weighted by Gasteiger charge is -2.38. The molecule has 220 valence electrons. The van der Waals surface area contributed by atoms with E-state index in [9.17, 15) is 28.0 Å². The molecule has 4 aromatic rings. The summed E-state index contributed by atoms with van der Waals surface area (Å²) in [5, 5.41) is 16.9. The van der Waals surface area contributed by atoms with E-state index in [1.807, 2.05) is 68.4 Å². The fraction of sp³-hybridized carbons (Fsp3) is 0.250. The summed E-state index contributed by atoms with van der Waals surface area (Å²) in [5.74, 6) is -1.38. The highest BCUT2D eigenvalue weighted by Crippen LogP contribution is 2.43. The minimum absolute atomic E-state index is 0.212. The highest BCUT2D eigenvalue weighted by atomic mass is 19.4. The molecule has 1 aliphatic heterocycles. The second-order valence-corrected chi connectivity index (χ2v) is 10.4. The third-order valence-corrected chi connectivity index (χ3v) is 7.47. The highest BCUT2D eigenvalue weighted by Gasteiger charge is 2.45. The van der Waals surface area contributed by atoms with Crippen LogP contribution in [0, 0.1) is 18.4 Å². The van der Waals surface area contributed by atoms with Crippen LogP contribution in [0.1, 0.15) is 51.1 Å². The van der Waals surface area contributed by atoms with Crippen molar-refractivity contribution in [2.75, 3.05) is 18.5 Å². The summed E-state index contributed by atoms with van der Waals surface area (Å²) in [6, 6.07) is 19.7. The molecule has 2 unspecified atom stereocenters. The van der Waals surface area contributed by atoms with Crippen molar-refractivity contribution in [1.82, 2.24) is 20.0 Å². The zero-order valence-corrected chi connectivity index (χ0v) is 23.8. The molecule has 1 N–H and O–H groups in total. The monoisotopic (exact) mass is 586 g/mol. The molecule has 11 heteroatoms. The Balaban J connectivity index is 1.66. The van der Waals surface area contributed by atoms with Gasteiger partial charge in [-0.15, -0.1) is 0 Å². The number of nitrogens with zero attached hydrogens (tertiary/aromatic N) is 5. The number of alkyl halides is 3. The lowest BCUT2D eigenvalue weighted by Crippen LogP contribution is -2.55. The van der Waals surface area contributed by atoms with Crippen molar-refractivity contribution in [3.8, 4) is 11.9 Å². The number of halogens is 3. The Morgan fingerprint density at radius 3 is 2.47 bits per heavy atom. The Kier molecular flexibility index (Phi) is 7.96. The minimum atomic E-state index is -4.63. The number of rotatable bonds is 7. The first-order chi connectivity index (χ1) is 20.5. The maximum atomic E-state index is 14.2. The number of anilines is 1. The van der Waals surface area contributed by atoms with E-state index in [2.05, 4.69) is 11.5 Å². The van der Waals surface area contributed by atoms with Crippen molar-refractivity contribution in [2.45, 2.75) is 38.5 Å². The van der Waals surface area contributed by atoms with Gasteiger partial charge in [0.2, 0.25) is 0 Å². The first-order valence-corrected chi connectivity index (χ1v) is 13.7. The number of carbonyl (C=O) groups is 2. The summed E-state index contributed by atoms with van der Waals surface area (Å²) in [6.45, 7) is 4.22. The summed E-state index contributed by atoms with van der Waals surface area (Å²) < 4.78 is 41.9. The topological polar surface area (TPSA) is 94.3 Å². The van der Waals surface area contributed by atoms with Gasteiger partial charge in [-0.25, -0.2) is 4.68 Å². The smallest absolute Gasteiger partial charge is 0.339 e. The standard InChI is InChI=1S/C32H29F3N6O2/c1-4-40-30-26(20(2)38-41(30)25-14-6-5-7-15-25)27(22-11-8-10-21(16-22)18-39(3)19-36)28(31(40)43)37-29(42)23-12-9-13-24(17-23)32(33,34)35/h5-17,27-28H,4,18H2,1-3H3,(H,37,42). The third kappa shape index (κ3) is 5.68. The van der Waals surface area contributed by atoms with Gasteiger partial charge >= 0.3 is 6.18 Å². The number of para-hydroxylation sites is 1. The van der Waals surface area contributed by atoms with Crippen LogP contribution in [-0.2, 0) is 17.5 Å². The summed E-state index contributed by atoms with van der Waals surface area (Å²) in [4.78, 5) is 30.7. The van der Waals surface area contributed by atoms with Gasteiger partial charge in [0.25, 0.3) is 11.8 Å². The number of hydrogen-bond donors (Lipinski definition) is 1. The Labute approximate surface area is 247 Å². The average molecular weight is 587 g/mol. The molecular formula is C32H29F3N6O2. The van der Waals surface area contributed by atoms with E-state index in [1.54, 1.807) is 16.6 Å². The molecular weight excluding hydrogens is 557 g/mol. The molecule has 2 atom stereocenters. The van der Waals surface area contributed by atoms with E-state index in [0.717, 1.165) is 29.4 Å². The number of benzene rings is 3. The summed E-state index contributed by atoms with van der Waals surface area (Å²) in [7, 11) is 1.65. The number of fused-ring (bicyclic) bond motifs is 1. The second-order valence-electron chi connectivity index (χ2n) is 10.4. The number of carbonyl (C=O) groups excluding carboxylic acids is 2. The Morgan fingerprint density at radius 1 is 1.07 bits per heavy atom. The molecule has 43 heavy (non-hydrogen) atoms. The quantitative estimate of drug-likeness (QED) is 0.231. The maximum absolute atomic E-state index is 14.2. The minimum Gasteiger partial charge on any atom is -0.339 e. The van der Waals surface area contributed by atoms with Crippen molar-refractivity contribution in [3.63, 3.8) is 0 Å². The van der Waals surface area contributed by atoms with Crippen LogP contribution in [0.2, 0.25) is 0 Å². The van der Waals surface area contributed by atoms with Crippen LogP contribution in [0.15, 0.2) is 78.9 Å². The normalized spacial score (nSPS) is 16.4. The molecule has 1 aliphatic rings. The third-order valence-electron chi connectivity index (χ3n) is 7.47. The molecule has 3 aromatic carbocycles. The highest BCUT2D eigenvalue weighted by molar-refractivity contribution is 6.05. The fourth-order valence-corrected chi connectivity index (χ4v) is 5.55. The molecule has 0 fully saturated rings. The zero-order chi connectivity index (χ0) is 30.9. The number of nitrogens with one attached hydrogen (secondary N) is 1. The lowest BCUT2D eigenvalue weighted by molar-refractivity contribution is -0.137. The number of aromatic nitrogens is 2. The zero-order valence-electron chi connectivity index (χ0n) is 23.8. The fourth-order valence-electron chi connectivity index (χ4n) is 5.55. The molecule has 1 aromatic heterocycles. The van der Waals surface area contributed by atoms with E-state index in [-0.39, 0.29) is 12.1 Å². The SMILES string of the molecule is CCN1C(=O)C(NC(=O)c2cccc(C(F)(F)F)c2)C(c2cccc(CN(C)C#N)c2)c2c(C)nn(-c3ccccc3)c21. The first-order valence-electron chi connectivity index (χ1n) is 13.7. The predicted molar refractivity (Wildman–Crippen MR) is 154 cm³/mol. The molecule has 0 saturated heterocycles. The van der Waals surface area contributed by atoms with Gasteiger partial charge in [0.1, 0.15) is 11.9 Å². The molecule has 2 amide bonds. The molecule has 8 nitrogen and oxygen atoms in total. The van der Waals surface area contributed by atoms with Crippen molar-refractivity contribution < 1.29 is 22.8 Å². The maximum Gasteiger partial charge on any atom is 0.416 e. The van der Waals surface area contributed by atoms with Crippen LogP contribution in [0.5, 0.6) is 0 Å². The van der Waals surface area contributed by atoms with Crippen LogP contribution in [0.3, 0.4) is 0 Å². The Bertz CT molecular complexity index is 1710. The van der Waals surface area contributed by atoms with E-state index in [1.165, 1.54) is 11.0 Å². The molecule has 0 aliphatic carbocycles. The van der Waals surface area contributed by atoms with E-state index in [0.29, 0.717) is 29.2 Å². The van der Waals surface area contributed by atoms with Gasteiger partial charge in [-0.05, 0) is 55.3 Å². The van der Waals surface area contributed by atoms with Gasteiger partial charge in [-0.3, -0.25) is 14.5 Å². The lowest BCUT2D eigenvalue weighted by atomic mass is 9.80. The van der Waals surface area contributed by atoms with Crippen molar-refractivity contribution >= 4 is 17.6 Å². The van der Waals surface area contributed by atoms with E-state index >= 15 is 0 Å². The molecule has 5 rings (SSSR count). The van der Waals surface area contributed by atoms with E-state index < -0.39 is 35.5 Å². The number of likely N-dealkylation sites (N-methyl/N-ethyl adjacent to an activating group) is 1. The number of aryl methyl sites for hydroxylation is 1. The van der Waals surface area contributed by atoms with Gasteiger partial charge < -0.3 is 10.2 Å². The number of nitriles is 1. The van der Waals surface area contributed by atoms with Crippen LogP contribution in [-0.4, -0.2) is 46.1 Å². The molecule has 0 spiro atoms. The summed E-state index contributed by atoms with van der Waals surface area (Å²) in [6.07, 6.45) is -2.56. The summed E-state index contributed by atoms with van der Waals surface area (Å²) in [5.41, 5.74) is 2.42. The number of amides is 2. The number of hydrogen-bond acceptors (Lipinski definition) is 5. The van der Waals surface area contributed by atoms with Gasteiger partial charge in [0, 0.05) is 30.6 Å². The molecule has 0 saturated carbocycles. The van der Waals surface area contributed by atoms with Gasteiger partial charge in [-0.1, -0.05) is 48.5 Å². The first kappa shape index (κ1) is 29.4. The van der Waals surface area contributed by atoms with Crippen molar-refractivity contribution in [3.05, 3.63) is 112 Å². The van der Waals surface area contributed by atoms with Gasteiger partial charge in [0.05, 0.1) is 23.5 Å². The average Bonchev–Trinajstić information content (AvgIpc) is 3.34. The largest absolute Gasteiger partial charge is 0.416 e. The molecule has 0 bridgehead atoms. The van der Waals surface area contributed by atoms with Crippen LogP contribution >= 0.6 is 0 Å².